The van der Waals surface area contributed by atoms with Crippen molar-refractivity contribution in [2.75, 3.05) is 23.5 Å². The number of hydrogen-bond donors (Lipinski definition) is 2. The van der Waals surface area contributed by atoms with E-state index in [2.05, 4.69) is 21.6 Å². The summed E-state index contributed by atoms with van der Waals surface area (Å²) in [4.78, 5) is 13.7. The predicted octanol–water partition coefficient (Wildman–Crippen LogP) is 7.25. The Hall–Kier alpha value is -2.61. The molecule has 0 unspecified atom stereocenters. The van der Waals surface area contributed by atoms with E-state index in [4.69, 9.17) is 23.2 Å². The molecular weight excluding hydrogens is 588 g/mol. The van der Waals surface area contributed by atoms with Crippen LogP contribution in [0.15, 0.2) is 47.4 Å². The molecule has 2 aromatic carbocycles. The van der Waals surface area contributed by atoms with Crippen molar-refractivity contribution in [3.05, 3.63) is 63.8 Å². The number of hydrogen-bond acceptors (Lipinski definition) is 5. The summed E-state index contributed by atoms with van der Waals surface area (Å²) in [5.74, 6) is -2.98. The Bertz CT molecular complexity index is 1410. The van der Waals surface area contributed by atoms with Gasteiger partial charge in [0.1, 0.15) is 11.1 Å². The summed E-state index contributed by atoms with van der Waals surface area (Å²) in [5, 5.41) is 20.4. The first-order valence-corrected chi connectivity index (χ1v) is 15.2. The molecule has 0 saturated heterocycles. The first kappa shape index (κ1) is 30.9. The van der Waals surface area contributed by atoms with Gasteiger partial charge in [-0.05, 0) is 49.4 Å². The molecule has 3 rings (SSSR count). The Balaban J connectivity index is 2.13. The summed E-state index contributed by atoms with van der Waals surface area (Å²) in [6, 6.07) is 12.7. The lowest BCUT2D eigenvalue weighted by molar-refractivity contribution is 0.102. The Kier molecular flexibility index (Phi) is 10.8. The second kappa shape index (κ2) is 13.6. The zero-order valence-corrected chi connectivity index (χ0v) is 24.6. The third-order valence-corrected chi connectivity index (χ3v) is 10.1. The predicted molar refractivity (Wildman–Crippen MR) is 154 cm³/mol. The van der Waals surface area contributed by atoms with Crippen LogP contribution in [0.2, 0.25) is 10.0 Å². The van der Waals surface area contributed by atoms with E-state index >= 15 is 0 Å². The Morgan fingerprint density at radius 2 is 1.87 bits per heavy atom. The number of benzene rings is 2. The maximum atomic E-state index is 14.9. The zero-order chi connectivity index (χ0) is 28.7. The highest BCUT2D eigenvalue weighted by molar-refractivity contribution is 7.99. The Morgan fingerprint density at radius 1 is 1.21 bits per heavy atom. The first-order chi connectivity index (χ1) is 18.5. The van der Waals surface area contributed by atoms with Crippen molar-refractivity contribution in [1.29, 1.82) is 5.26 Å². The number of amides is 1. The molecule has 0 fully saturated rings. The summed E-state index contributed by atoms with van der Waals surface area (Å²) in [6.07, 6.45) is 0.0946. The Morgan fingerprint density at radius 3 is 2.44 bits per heavy atom. The number of rotatable bonds is 12. The molecule has 3 aromatic rings. The van der Waals surface area contributed by atoms with Gasteiger partial charge < -0.3 is 10.4 Å². The quantitative estimate of drug-likeness (QED) is 0.163. The molecule has 1 atom stereocenters. The van der Waals surface area contributed by atoms with E-state index in [1.54, 1.807) is 23.7 Å². The highest BCUT2D eigenvalue weighted by atomic mass is 35.5. The van der Waals surface area contributed by atoms with Crippen molar-refractivity contribution in [3.8, 4) is 6.07 Å². The number of alkyl halides is 2. The molecule has 208 valence electrons. The van der Waals surface area contributed by atoms with Gasteiger partial charge >= 0.3 is 0 Å². The number of nitrogens with zero attached hydrogens (tertiary/aromatic N) is 4. The van der Waals surface area contributed by atoms with Gasteiger partial charge in [-0.15, -0.1) is 0 Å². The third kappa shape index (κ3) is 7.33. The normalized spacial score (nSPS) is 12.8. The van der Waals surface area contributed by atoms with Gasteiger partial charge in [-0.2, -0.15) is 19.1 Å². The zero-order valence-electron chi connectivity index (χ0n) is 21.4. The summed E-state index contributed by atoms with van der Waals surface area (Å²) in [5.41, 5.74) is 0.972. The minimum Gasteiger partial charge on any atom is -0.321 e. The molecule has 2 N–H and O–H groups in total. The summed E-state index contributed by atoms with van der Waals surface area (Å²) in [7, 11) is -3.71. The van der Waals surface area contributed by atoms with Gasteiger partial charge in [0, 0.05) is 28.7 Å². The fourth-order valence-electron chi connectivity index (χ4n) is 4.00. The summed E-state index contributed by atoms with van der Waals surface area (Å²) < 4.78 is 43.7. The number of nitriles is 1. The highest BCUT2D eigenvalue weighted by Gasteiger charge is 2.39. The van der Waals surface area contributed by atoms with E-state index in [0.29, 0.717) is 46.2 Å². The van der Waals surface area contributed by atoms with E-state index in [1.807, 2.05) is 13.8 Å². The molecule has 0 radical (unpaired) electrons. The molecule has 0 aliphatic heterocycles. The smallest absolute Gasteiger partial charge is 0.288 e. The third-order valence-electron chi connectivity index (χ3n) is 5.73. The van der Waals surface area contributed by atoms with Crippen molar-refractivity contribution in [1.82, 2.24) is 14.5 Å². The second-order valence-electron chi connectivity index (χ2n) is 8.22. The van der Waals surface area contributed by atoms with Gasteiger partial charge in [-0.1, -0.05) is 48.8 Å². The molecule has 0 spiro atoms. The molecule has 8 nitrogen and oxygen atoms in total. The molecule has 1 aromatic heterocycles. The average Bonchev–Trinajstić information content (AvgIpc) is 3.19. The number of carbonyl (C=O) groups excluding carboxylic acids is 1. The maximum Gasteiger partial charge on any atom is 0.288 e. The molecule has 0 bridgehead atoms. The van der Waals surface area contributed by atoms with Crippen LogP contribution in [-0.4, -0.2) is 39.2 Å². The van der Waals surface area contributed by atoms with Crippen molar-refractivity contribution in [2.24, 2.45) is 0 Å². The Labute approximate surface area is 240 Å². The number of halogens is 4. The number of anilines is 2. The van der Waals surface area contributed by atoms with Crippen molar-refractivity contribution < 1.29 is 18.1 Å². The fraction of sp³-hybridized carbons (Fsp3) is 0.320. The molecule has 0 aliphatic rings. The lowest BCUT2D eigenvalue weighted by atomic mass is 10.2. The lowest BCUT2D eigenvalue weighted by Gasteiger charge is -2.31. The molecular formula is C25H27Cl2F2N6O2PS. The van der Waals surface area contributed by atoms with E-state index in [-0.39, 0.29) is 34.7 Å². The summed E-state index contributed by atoms with van der Waals surface area (Å²) in [6.45, 7) is 6.28. The van der Waals surface area contributed by atoms with Crippen LogP contribution in [0.5, 0.6) is 0 Å². The molecule has 0 aliphatic carbocycles. The number of nitrogens with one attached hydrogen (secondary N) is 2. The highest BCUT2D eigenvalue weighted by Crippen LogP contribution is 2.51. The van der Waals surface area contributed by atoms with Gasteiger partial charge in [0.25, 0.3) is 19.1 Å². The van der Waals surface area contributed by atoms with Crippen LogP contribution in [0.4, 0.5) is 20.3 Å². The largest absolute Gasteiger partial charge is 0.321 e. The van der Waals surface area contributed by atoms with Crippen LogP contribution >= 0.6 is 42.4 Å². The standard InChI is InChI=1S/C25H27Cl2F2N6O2PS/c1-4-34(5-2)38(37,33-18-8-10-19(11-9-18)39-25(28)29)22-16(3)32-35(14-6-13-30)23(22)31-24(36)20-12-7-17(26)15-21(20)27/h7-12,15,25H,4-6,14H2,1-3H3,(H,31,36)(H,33,37)/t38-/m1/s1. The first-order valence-electron chi connectivity index (χ1n) is 11.9. The lowest BCUT2D eigenvalue weighted by Crippen LogP contribution is -2.33. The molecule has 14 heteroatoms. The monoisotopic (exact) mass is 614 g/mol. The fourth-order valence-corrected chi connectivity index (χ4v) is 7.77. The minimum absolute atomic E-state index is 0.0946. The van der Waals surface area contributed by atoms with Crippen LogP contribution in [-0.2, 0) is 11.1 Å². The topological polar surface area (TPSA) is 103 Å². The number of thioether (sulfide) groups is 1. The van der Waals surface area contributed by atoms with Crippen LogP contribution < -0.4 is 15.7 Å². The molecule has 1 amide bonds. The average molecular weight is 615 g/mol. The van der Waals surface area contributed by atoms with Crippen molar-refractivity contribution in [2.45, 2.75) is 44.4 Å². The van der Waals surface area contributed by atoms with Crippen LogP contribution in [0.25, 0.3) is 0 Å². The molecule has 0 saturated carbocycles. The molecule has 1 heterocycles. The van der Waals surface area contributed by atoms with E-state index in [0.717, 1.165) is 0 Å². The molecule has 39 heavy (non-hydrogen) atoms. The number of aromatic nitrogens is 2. The SMILES string of the molecule is CCN(CC)[P@](=O)(Nc1ccc(SC(F)F)cc1)c1c(C)nn(CCC#N)c1NC(=O)c1ccc(Cl)cc1Cl. The van der Waals surface area contributed by atoms with Crippen molar-refractivity contribution >= 4 is 65.1 Å². The van der Waals surface area contributed by atoms with Gasteiger partial charge in [0.05, 0.1) is 35.3 Å². The van der Waals surface area contributed by atoms with Gasteiger partial charge in [-0.3, -0.25) is 9.36 Å². The maximum absolute atomic E-state index is 14.9. The number of carbonyl (C=O) groups is 1. The van der Waals surface area contributed by atoms with Crippen molar-refractivity contribution in [3.63, 3.8) is 0 Å². The second-order valence-corrected chi connectivity index (χ2v) is 12.5. The van der Waals surface area contributed by atoms with Gasteiger partial charge in [-0.25, -0.2) is 9.35 Å². The van der Waals surface area contributed by atoms with E-state index in [9.17, 15) is 23.4 Å². The number of aryl methyl sites for hydroxylation is 2. The van der Waals surface area contributed by atoms with E-state index < -0.39 is 19.1 Å². The van der Waals surface area contributed by atoms with Crippen LogP contribution in [0.1, 0.15) is 36.3 Å². The minimum atomic E-state index is -3.71. The van der Waals surface area contributed by atoms with Gasteiger partial charge in [0.2, 0.25) is 0 Å². The summed E-state index contributed by atoms with van der Waals surface area (Å²) >= 11 is 12.7. The van der Waals surface area contributed by atoms with Crippen LogP contribution in [0, 0.1) is 18.3 Å². The van der Waals surface area contributed by atoms with E-state index in [1.165, 1.54) is 35.0 Å². The van der Waals surface area contributed by atoms with Crippen LogP contribution in [0.3, 0.4) is 0 Å². The van der Waals surface area contributed by atoms with Gasteiger partial charge in [0.15, 0.2) is 0 Å².